The van der Waals surface area contributed by atoms with Gasteiger partial charge in [-0.05, 0) is 68.0 Å². The predicted molar refractivity (Wildman–Crippen MR) is 113 cm³/mol. The van der Waals surface area contributed by atoms with Crippen LogP contribution in [-0.4, -0.2) is 27.4 Å². The highest BCUT2D eigenvalue weighted by Crippen LogP contribution is 2.36. The second-order valence-electron chi connectivity index (χ2n) is 8.58. The van der Waals surface area contributed by atoms with Crippen molar-refractivity contribution >= 4 is 23.4 Å². The number of nitrogen functional groups attached to an aromatic ring is 1. The molecule has 2 fully saturated rings. The van der Waals surface area contributed by atoms with E-state index in [9.17, 15) is 9.59 Å². The minimum absolute atomic E-state index is 0.213. The van der Waals surface area contributed by atoms with Crippen LogP contribution < -0.4 is 10.6 Å². The molecular formula is C23H28N4O2. The topological polar surface area (TPSA) is 79.5 Å². The SMILES string of the molecule is CC1(C)C(=O)N(c2ccc(C3CCCCC3)cc2)C(=O)N1Cc1ccnc(N)c1. The third-order valence-corrected chi connectivity index (χ3v) is 6.24. The molecule has 1 aromatic heterocycles. The molecule has 0 unspecified atom stereocenters. The maximum atomic E-state index is 13.2. The fraction of sp³-hybridized carbons (Fsp3) is 0.435. The van der Waals surface area contributed by atoms with Gasteiger partial charge in [-0.25, -0.2) is 14.7 Å². The van der Waals surface area contributed by atoms with E-state index >= 15 is 0 Å². The molecular weight excluding hydrogens is 364 g/mol. The molecule has 1 saturated carbocycles. The Morgan fingerprint density at radius 3 is 2.41 bits per heavy atom. The van der Waals surface area contributed by atoms with Gasteiger partial charge < -0.3 is 10.6 Å². The van der Waals surface area contributed by atoms with Gasteiger partial charge in [0.05, 0.1) is 5.69 Å². The maximum absolute atomic E-state index is 13.2. The zero-order chi connectivity index (χ0) is 20.6. The van der Waals surface area contributed by atoms with E-state index in [1.807, 2.05) is 18.2 Å². The average molecular weight is 393 g/mol. The van der Waals surface area contributed by atoms with Gasteiger partial charge in [0.15, 0.2) is 0 Å². The minimum atomic E-state index is -0.933. The van der Waals surface area contributed by atoms with Crippen LogP contribution in [0.25, 0.3) is 0 Å². The zero-order valence-electron chi connectivity index (χ0n) is 17.1. The maximum Gasteiger partial charge on any atom is 0.332 e. The lowest BCUT2D eigenvalue weighted by Gasteiger charge is -2.27. The number of nitrogens with zero attached hydrogens (tertiary/aromatic N) is 3. The van der Waals surface area contributed by atoms with Gasteiger partial charge in [-0.1, -0.05) is 31.4 Å². The Labute approximate surface area is 171 Å². The molecule has 0 radical (unpaired) electrons. The van der Waals surface area contributed by atoms with Gasteiger partial charge in [0, 0.05) is 12.7 Å². The van der Waals surface area contributed by atoms with E-state index in [-0.39, 0.29) is 11.9 Å². The molecule has 0 bridgehead atoms. The van der Waals surface area contributed by atoms with E-state index in [2.05, 4.69) is 17.1 Å². The number of benzene rings is 1. The van der Waals surface area contributed by atoms with Crippen LogP contribution in [0.5, 0.6) is 0 Å². The molecule has 1 aliphatic heterocycles. The lowest BCUT2D eigenvalue weighted by Crippen LogP contribution is -2.43. The Kier molecular flexibility index (Phi) is 5.03. The summed E-state index contributed by atoms with van der Waals surface area (Å²) < 4.78 is 0. The van der Waals surface area contributed by atoms with Crippen molar-refractivity contribution in [3.05, 3.63) is 53.7 Å². The molecule has 1 saturated heterocycles. The summed E-state index contributed by atoms with van der Waals surface area (Å²) in [7, 11) is 0. The van der Waals surface area contributed by atoms with Crippen LogP contribution in [-0.2, 0) is 11.3 Å². The molecule has 2 aromatic rings. The van der Waals surface area contributed by atoms with Crippen LogP contribution >= 0.6 is 0 Å². The number of anilines is 2. The lowest BCUT2D eigenvalue weighted by atomic mass is 9.84. The van der Waals surface area contributed by atoms with Crippen molar-refractivity contribution in [1.29, 1.82) is 0 Å². The number of imide groups is 1. The molecule has 3 amide bonds. The molecule has 1 aromatic carbocycles. The largest absolute Gasteiger partial charge is 0.384 e. The van der Waals surface area contributed by atoms with E-state index in [1.165, 1.54) is 42.6 Å². The van der Waals surface area contributed by atoms with Crippen molar-refractivity contribution in [3.8, 4) is 0 Å². The minimum Gasteiger partial charge on any atom is -0.384 e. The normalized spacial score (nSPS) is 19.8. The summed E-state index contributed by atoms with van der Waals surface area (Å²) in [5.74, 6) is 0.774. The molecule has 2 aliphatic rings. The van der Waals surface area contributed by atoms with Gasteiger partial charge in [0.2, 0.25) is 0 Å². The van der Waals surface area contributed by atoms with Gasteiger partial charge in [-0.2, -0.15) is 0 Å². The number of amides is 3. The molecule has 29 heavy (non-hydrogen) atoms. The highest BCUT2D eigenvalue weighted by atomic mass is 16.2. The molecule has 152 valence electrons. The number of carbonyl (C=O) groups excluding carboxylic acids is 2. The molecule has 1 aliphatic carbocycles. The molecule has 6 heteroatoms. The number of hydrogen-bond donors (Lipinski definition) is 1. The average Bonchev–Trinajstić information content (AvgIpc) is 2.88. The Morgan fingerprint density at radius 2 is 1.76 bits per heavy atom. The van der Waals surface area contributed by atoms with Crippen molar-refractivity contribution in [2.45, 2.75) is 64.0 Å². The summed E-state index contributed by atoms with van der Waals surface area (Å²) >= 11 is 0. The third-order valence-electron chi connectivity index (χ3n) is 6.24. The van der Waals surface area contributed by atoms with Crippen LogP contribution in [0.15, 0.2) is 42.6 Å². The summed E-state index contributed by atoms with van der Waals surface area (Å²) in [6, 6.07) is 11.2. The number of urea groups is 1. The van der Waals surface area contributed by atoms with E-state index in [0.717, 1.165) is 5.56 Å². The highest BCUT2D eigenvalue weighted by molar-refractivity contribution is 6.22. The Balaban J connectivity index is 1.57. The summed E-state index contributed by atoms with van der Waals surface area (Å²) in [5.41, 5.74) is 7.61. The van der Waals surface area contributed by atoms with Gasteiger partial charge >= 0.3 is 6.03 Å². The highest BCUT2D eigenvalue weighted by Gasteiger charge is 2.51. The molecule has 6 nitrogen and oxygen atoms in total. The number of nitrogens with two attached hydrogens (primary N) is 1. The monoisotopic (exact) mass is 392 g/mol. The predicted octanol–water partition coefficient (Wildman–Crippen LogP) is 4.46. The van der Waals surface area contributed by atoms with Gasteiger partial charge in [-0.3, -0.25) is 4.79 Å². The number of carbonyl (C=O) groups is 2. The third kappa shape index (κ3) is 3.59. The fourth-order valence-corrected chi connectivity index (χ4v) is 4.44. The van der Waals surface area contributed by atoms with Gasteiger partial charge in [-0.15, -0.1) is 0 Å². The van der Waals surface area contributed by atoms with Crippen molar-refractivity contribution in [3.63, 3.8) is 0 Å². The Morgan fingerprint density at radius 1 is 1.07 bits per heavy atom. The van der Waals surface area contributed by atoms with E-state index in [0.29, 0.717) is 24.0 Å². The van der Waals surface area contributed by atoms with Crippen molar-refractivity contribution in [1.82, 2.24) is 9.88 Å². The molecule has 4 rings (SSSR count). The van der Waals surface area contributed by atoms with Crippen LogP contribution in [0.1, 0.15) is 63.0 Å². The first-order valence-electron chi connectivity index (χ1n) is 10.3. The lowest BCUT2D eigenvalue weighted by molar-refractivity contribution is -0.123. The zero-order valence-corrected chi connectivity index (χ0v) is 17.1. The second-order valence-corrected chi connectivity index (χ2v) is 8.58. The number of aromatic nitrogens is 1. The number of hydrogen-bond acceptors (Lipinski definition) is 4. The quantitative estimate of drug-likeness (QED) is 0.779. The van der Waals surface area contributed by atoms with Crippen LogP contribution in [0.3, 0.4) is 0 Å². The standard InChI is InChI=1S/C23H28N4O2/c1-23(2)21(28)27(22(29)26(23)15-16-12-13-25-20(24)14-16)19-10-8-18(9-11-19)17-6-4-3-5-7-17/h8-14,17H,3-7,15H2,1-2H3,(H2,24,25). The molecule has 0 atom stereocenters. The van der Waals surface area contributed by atoms with E-state index < -0.39 is 5.54 Å². The van der Waals surface area contributed by atoms with Crippen molar-refractivity contribution in [2.75, 3.05) is 10.6 Å². The van der Waals surface area contributed by atoms with E-state index in [4.69, 9.17) is 5.73 Å². The van der Waals surface area contributed by atoms with Crippen molar-refractivity contribution in [2.24, 2.45) is 0 Å². The number of pyridine rings is 1. The van der Waals surface area contributed by atoms with Gasteiger partial charge in [0.1, 0.15) is 11.4 Å². The van der Waals surface area contributed by atoms with Crippen LogP contribution in [0.4, 0.5) is 16.3 Å². The summed E-state index contributed by atoms with van der Waals surface area (Å²) in [4.78, 5) is 33.2. The first kappa shape index (κ1) is 19.4. The second kappa shape index (κ2) is 7.50. The van der Waals surface area contributed by atoms with Crippen LogP contribution in [0.2, 0.25) is 0 Å². The number of rotatable bonds is 4. The Hall–Kier alpha value is -2.89. The smallest absolute Gasteiger partial charge is 0.332 e. The van der Waals surface area contributed by atoms with Gasteiger partial charge in [0.25, 0.3) is 5.91 Å². The summed E-state index contributed by atoms with van der Waals surface area (Å²) in [6.07, 6.45) is 7.92. The molecule has 2 heterocycles. The van der Waals surface area contributed by atoms with E-state index in [1.54, 1.807) is 31.0 Å². The van der Waals surface area contributed by atoms with Crippen LogP contribution in [0, 0.1) is 0 Å². The van der Waals surface area contributed by atoms with Crippen molar-refractivity contribution < 1.29 is 9.59 Å². The molecule has 0 spiro atoms. The Bertz CT molecular complexity index is 917. The first-order valence-corrected chi connectivity index (χ1v) is 10.3. The first-order chi connectivity index (χ1) is 13.9. The fourth-order valence-electron chi connectivity index (χ4n) is 4.44. The summed E-state index contributed by atoms with van der Waals surface area (Å²) in [5, 5.41) is 0. The molecule has 2 N–H and O–H groups in total. The summed E-state index contributed by atoms with van der Waals surface area (Å²) in [6.45, 7) is 3.88.